The molecule has 0 saturated carbocycles. The van der Waals surface area contributed by atoms with Crippen molar-refractivity contribution in [3.63, 3.8) is 0 Å². The van der Waals surface area contributed by atoms with Crippen molar-refractivity contribution >= 4 is 5.91 Å². The van der Waals surface area contributed by atoms with Crippen LogP contribution in [0, 0.1) is 5.41 Å². The van der Waals surface area contributed by atoms with Gasteiger partial charge in [0.1, 0.15) is 0 Å². The van der Waals surface area contributed by atoms with Crippen LogP contribution < -0.4 is 5.73 Å². The van der Waals surface area contributed by atoms with E-state index in [-0.39, 0.29) is 5.91 Å². The van der Waals surface area contributed by atoms with E-state index in [1.807, 2.05) is 13.8 Å². The summed E-state index contributed by atoms with van der Waals surface area (Å²) in [7, 11) is 0. The summed E-state index contributed by atoms with van der Waals surface area (Å²) < 4.78 is 0. The molecule has 1 saturated heterocycles. The average Bonchev–Trinajstić information content (AvgIpc) is 2.74. The maximum absolute atomic E-state index is 12.1. The molecule has 1 amide bonds. The molecule has 0 atom stereocenters. The molecule has 1 fully saturated rings. The highest BCUT2D eigenvalue weighted by Crippen LogP contribution is 2.28. The highest BCUT2D eigenvalue weighted by Gasteiger charge is 2.38. The van der Waals surface area contributed by atoms with Crippen molar-refractivity contribution in [1.29, 1.82) is 0 Å². The van der Waals surface area contributed by atoms with Gasteiger partial charge in [0.15, 0.2) is 0 Å². The summed E-state index contributed by atoms with van der Waals surface area (Å²) in [6.07, 6.45) is 2.48. The standard InChI is InChI=1S/C10H20N2O2/c1-3-10(4-2,8-11)9(13)12-6-5-7-14-12/h3-8,11H2,1-2H3. The van der Waals surface area contributed by atoms with Crippen LogP contribution in [0.2, 0.25) is 0 Å². The Morgan fingerprint density at radius 1 is 1.50 bits per heavy atom. The Morgan fingerprint density at radius 2 is 2.14 bits per heavy atom. The van der Waals surface area contributed by atoms with Crippen LogP contribution in [-0.2, 0) is 9.63 Å². The van der Waals surface area contributed by atoms with Gasteiger partial charge in [-0.3, -0.25) is 9.63 Å². The smallest absolute Gasteiger partial charge is 0.253 e. The molecule has 1 rings (SSSR count). The largest absolute Gasteiger partial charge is 0.329 e. The minimum atomic E-state index is -0.412. The third-order valence-electron chi connectivity index (χ3n) is 3.18. The second-order valence-corrected chi connectivity index (χ2v) is 3.79. The molecule has 0 radical (unpaired) electrons. The van der Waals surface area contributed by atoms with Crippen LogP contribution >= 0.6 is 0 Å². The number of rotatable bonds is 4. The molecule has 82 valence electrons. The number of carbonyl (C=O) groups excluding carboxylic acids is 1. The van der Waals surface area contributed by atoms with Gasteiger partial charge in [0.05, 0.1) is 18.6 Å². The molecule has 0 aromatic heterocycles. The molecule has 1 aliphatic rings. The number of nitrogens with zero attached hydrogens (tertiary/aromatic N) is 1. The summed E-state index contributed by atoms with van der Waals surface area (Å²) in [5, 5.41) is 1.49. The molecule has 1 heterocycles. The van der Waals surface area contributed by atoms with Gasteiger partial charge in [0.2, 0.25) is 0 Å². The molecule has 4 heteroatoms. The van der Waals surface area contributed by atoms with Gasteiger partial charge in [-0.25, -0.2) is 5.06 Å². The first-order valence-electron chi connectivity index (χ1n) is 5.35. The monoisotopic (exact) mass is 200 g/mol. The Bertz CT molecular complexity index is 188. The van der Waals surface area contributed by atoms with Crippen LogP contribution in [0.3, 0.4) is 0 Å². The maximum atomic E-state index is 12.1. The summed E-state index contributed by atoms with van der Waals surface area (Å²) >= 11 is 0. The fourth-order valence-corrected chi connectivity index (χ4v) is 1.80. The molecule has 0 aromatic carbocycles. The number of hydrogen-bond acceptors (Lipinski definition) is 3. The molecular weight excluding hydrogens is 180 g/mol. The van der Waals surface area contributed by atoms with E-state index in [1.54, 1.807) is 0 Å². The number of hydrogen-bond donors (Lipinski definition) is 1. The van der Waals surface area contributed by atoms with Gasteiger partial charge in [-0.1, -0.05) is 13.8 Å². The average molecular weight is 200 g/mol. The molecule has 1 aliphatic heterocycles. The lowest BCUT2D eigenvalue weighted by Gasteiger charge is -2.31. The van der Waals surface area contributed by atoms with E-state index >= 15 is 0 Å². The quantitative estimate of drug-likeness (QED) is 0.734. The fraction of sp³-hybridized carbons (Fsp3) is 0.900. The lowest BCUT2D eigenvalue weighted by atomic mass is 9.81. The number of hydroxylamine groups is 2. The Balaban J connectivity index is 2.71. The number of nitrogens with two attached hydrogens (primary N) is 1. The topological polar surface area (TPSA) is 55.6 Å². The zero-order valence-corrected chi connectivity index (χ0v) is 9.08. The van der Waals surface area contributed by atoms with Crippen LogP contribution in [0.25, 0.3) is 0 Å². The molecule has 4 nitrogen and oxygen atoms in total. The van der Waals surface area contributed by atoms with E-state index in [2.05, 4.69) is 0 Å². The van der Waals surface area contributed by atoms with E-state index in [4.69, 9.17) is 10.6 Å². The first kappa shape index (κ1) is 11.5. The molecular formula is C10H20N2O2. The van der Waals surface area contributed by atoms with Gasteiger partial charge in [-0.2, -0.15) is 0 Å². The zero-order chi connectivity index (χ0) is 10.6. The summed E-state index contributed by atoms with van der Waals surface area (Å²) in [6.45, 7) is 5.77. The molecule has 0 spiro atoms. The van der Waals surface area contributed by atoms with Gasteiger partial charge in [-0.05, 0) is 19.3 Å². The van der Waals surface area contributed by atoms with E-state index in [1.165, 1.54) is 5.06 Å². The van der Waals surface area contributed by atoms with E-state index in [0.29, 0.717) is 19.7 Å². The van der Waals surface area contributed by atoms with Crippen LogP contribution in [-0.4, -0.2) is 30.7 Å². The van der Waals surface area contributed by atoms with Crippen LogP contribution in [0.1, 0.15) is 33.1 Å². The van der Waals surface area contributed by atoms with Gasteiger partial charge in [-0.15, -0.1) is 0 Å². The summed E-state index contributed by atoms with van der Waals surface area (Å²) in [4.78, 5) is 17.3. The lowest BCUT2D eigenvalue weighted by molar-refractivity contribution is -0.180. The van der Waals surface area contributed by atoms with Gasteiger partial charge in [0.25, 0.3) is 5.91 Å². The predicted molar refractivity (Wildman–Crippen MR) is 54.4 cm³/mol. The molecule has 0 bridgehead atoms. The van der Waals surface area contributed by atoms with Crippen molar-refractivity contribution in [2.24, 2.45) is 11.1 Å². The molecule has 14 heavy (non-hydrogen) atoms. The Morgan fingerprint density at radius 3 is 2.50 bits per heavy atom. The SMILES string of the molecule is CCC(CC)(CN)C(=O)N1CCCO1. The predicted octanol–water partition coefficient (Wildman–Crippen LogP) is 0.915. The summed E-state index contributed by atoms with van der Waals surface area (Å²) in [6, 6.07) is 0. The van der Waals surface area contributed by atoms with E-state index in [0.717, 1.165) is 19.3 Å². The molecule has 0 aromatic rings. The first-order chi connectivity index (χ1) is 6.70. The minimum Gasteiger partial charge on any atom is -0.329 e. The maximum Gasteiger partial charge on any atom is 0.253 e. The van der Waals surface area contributed by atoms with Crippen molar-refractivity contribution in [1.82, 2.24) is 5.06 Å². The molecule has 2 N–H and O–H groups in total. The van der Waals surface area contributed by atoms with Crippen molar-refractivity contribution in [3.8, 4) is 0 Å². The second kappa shape index (κ2) is 4.75. The first-order valence-corrected chi connectivity index (χ1v) is 5.35. The third-order valence-corrected chi connectivity index (χ3v) is 3.18. The fourth-order valence-electron chi connectivity index (χ4n) is 1.80. The second-order valence-electron chi connectivity index (χ2n) is 3.79. The summed E-state index contributed by atoms with van der Waals surface area (Å²) in [5.41, 5.74) is 5.28. The lowest BCUT2D eigenvalue weighted by Crippen LogP contribution is -2.46. The summed E-state index contributed by atoms with van der Waals surface area (Å²) in [5.74, 6) is 0.0579. The Kier molecular flexibility index (Phi) is 3.89. The Labute approximate surface area is 85.3 Å². The number of amides is 1. The highest BCUT2D eigenvalue weighted by atomic mass is 16.7. The number of carbonyl (C=O) groups is 1. The van der Waals surface area contributed by atoms with E-state index in [9.17, 15) is 4.79 Å². The van der Waals surface area contributed by atoms with Crippen LogP contribution in [0.5, 0.6) is 0 Å². The van der Waals surface area contributed by atoms with Crippen molar-refractivity contribution < 1.29 is 9.63 Å². The van der Waals surface area contributed by atoms with Crippen LogP contribution in [0.15, 0.2) is 0 Å². The highest BCUT2D eigenvalue weighted by molar-refractivity contribution is 5.82. The van der Waals surface area contributed by atoms with Crippen molar-refractivity contribution in [2.75, 3.05) is 19.7 Å². The molecule has 0 aliphatic carbocycles. The van der Waals surface area contributed by atoms with Gasteiger partial charge in [0, 0.05) is 6.54 Å². The zero-order valence-electron chi connectivity index (χ0n) is 9.08. The Hall–Kier alpha value is -0.610. The van der Waals surface area contributed by atoms with Crippen LogP contribution in [0.4, 0.5) is 0 Å². The normalized spacial score (nSPS) is 17.5. The minimum absolute atomic E-state index is 0.0579. The van der Waals surface area contributed by atoms with E-state index < -0.39 is 5.41 Å². The molecule has 0 unspecified atom stereocenters. The third kappa shape index (κ3) is 1.91. The van der Waals surface area contributed by atoms with Crippen molar-refractivity contribution in [3.05, 3.63) is 0 Å². The van der Waals surface area contributed by atoms with Crippen molar-refractivity contribution in [2.45, 2.75) is 33.1 Å². The van der Waals surface area contributed by atoms with Gasteiger partial charge >= 0.3 is 0 Å². The van der Waals surface area contributed by atoms with Gasteiger partial charge < -0.3 is 5.73 Å².